The van der Waals surface area contributed by atoms with Gasteiger partial charge in [0, 0.05) is 5.30 Å². The standard InChI is InChI=1S/C21H27ClN7OP/c1-14-18(13-25-29(14)15-8-10-23-11-9-15)27-21-24-12-16(22)20(28-21)26-17-6-4-5-7-19(17)31(2,3)30/h4-7,12-13,15,23H,8-11H2,1-3H3,(H2,24,26,27,28). The minimum Gasteiger partial charge on any atom is -0.338 e. The van der Waals surface area contributed by atoms with Gasteiger partial charge in [-0.2, -0.15) is 10.1 Å². The van der Waals surface area contributed by atoms with Gasteiger partial charge in [-0.25, -0.2) is 4.98 Å². The number of nitrogens with one attached hydrogen (secondary N) is 3. The highest BCUT2D eigenvalue weighted by Gasteiger charge is 2.20. The van der Waals surface area contributed by atoms with Crippen LogP contribution >= 0.6 is 18.7 Å². The molecule has 0 radical (unpaired) electrons. The summed E-state index contributed by atoms with van der Waals surface area (Å²) in [6.45, 7) is 7.54. The number of para-hydroxylation sites is 1. The van der Waals surface area contributed by atoms with Gasteiger partial charge in [-0.3, -0.25) is 4.68 Å². The van der Waals surface area contributed by atoms with Crippen molar-refractivity contribution in [1.29, 1.82) is 0 Å². The Kier molecular flexibility index (Phi) is 6.32. The van der Waals surface area contributed by atoms with Crippen LogP contribution in [0.4, 0.5) is 23.1 Å². The molecule has 3 heterocycles. The van der Waals surface area contributed by atoms with E-state index < -0.39 is 7.14 Å². The van der Waals surface area contributed by atoms with Crippen LogP contribution in [0.3, 0.4) is 0 Å². The van der Waals surface area contributed by atoms with Gasteiger partial charge in [0.2, 0.25) is 5.95 Å². The van der Waals surface area contributed by atoms with Gasteiger partial charge in [0.25, 0.3) is 0 Å². The number of anilines is 4. The number of nitrogens with zero attached hydrogens (tertiary/aromatic N) is 4. The lowest BCUT2D eigenvalue weighted by Gasteiger charge is -2.24. The zero-order chi connectivity index (χ0) is 22.0. The van der Waals surface area contributed by atoms with Crippen molar-refractivity contribution >= 4 is 47.2 Å². The molecule has 8 nitrogen and oxygen atoms in total. The summed E-state index contributed by atoms with van der Waals surface area (Å²) < 4.78 is 14.7. The van der Waals surface area contributed by atoms with Crippen LogP contribution in [-0.4, -0.2) is 46.2 Å². The quantitative estimate of drug-likeness (QED) is 0.473. The molecule has 10 heteroatoms. The smallest absolute Gasteiger partial charge is 0.229 e. The molecule has 1 saturated heterocycles. The highest BCUT2D eigenvalue weighted by atomic mass is 35.5. The first-order valence-corrected chi connectivity index (χ1v) is 13.3. The molecule has 0 aliphatic carbocycles. The molecule has 0 bridgehead atoms. The van der Waals surface area contributed by atoms with Crippen molar-refractivity contribution in [3.05, 3.63) is 47.4 Å². The molecule has 0 unspecified atom stereocenters. The Balaban J connectivity index is 1.57. The first-order valence-electron chi connectivity index (χ1n) is 10.3. The number of hydrogen-bond acceptors (Lipinski definition) is 7. The minimum atomic E-state index is -2.47. The SMILES string of the molecule is Cc1c(Nc2ncc(Cl)c(Nc3ccccc3P(C)(C)=O)n2)cnn1C1CCNCC1. The summed E-state index contributed by atoms with van der Waals surface area (Å²) in [6.07, 6.45) is 5.48. The van der Waals surface area contributed by atoms with E-state index in [0.29, 0.717) is 22.8 Å². The van der Waals surface area contributed by atoms with Crippen molar-refractivity contribution in [3.8, 4) is 0 Å². The van der Waals surface area contributed by atoms with Crippen molar-refractivity contribution in [2.75, 3.05) is 37.1 Å². The average Bonchev–Trinajstić information content (AvgIpc) is 3.11. The van der Waals surface area contributed by atoms with Crippen LogP contribution < -0.4 is 21.3 Å². The number of benzene rings is 1. The molecule has 0 saturated carbocycles. The molecule has 31 heavy (non-hydrogen) atoms. The van der Waals surface area contributed by atoms with Gasteiger partial charge in [0.05, 0.1) is 35.5 Å². The molecule has 0 amide bonds. The first kappa shape index (κ1) is 21.8. The molecule has 1 aliphatic heterocycles. The second-order valence-electron chi connectivity index (χ2n) is 8.08. The lowest BCUT2D eigenvalue weighted by molar-refractivity contribution is 0.338. The van der Waals surface area contributed by atoms with Crippen LogP contribution in [0.25, 0.3) is 0 Å². The maximum atomic E-state index is 12.7. The summed E-state index contributed by atoms with van der Waals surface area (Å²) in [5.74, 6) is 0.858. The van der Waals surface area contributed by atoms with Gasteiger partial charge in [0.1, 0.15) is 12.2 Å². The van der Waals surface area contributed by atoms with Crippen LogP contribution in [0.5, 0.6) is 0 Å². The maximum Gasteiger partial charge on any atom is 0.229 e. The monoisotopic (exact) mass is 459 g/mol. The van der Waals surface area contributed by atoms with Gasteiger partial charge in [-0.15, -0.1) is 0 Å². The van der Waals surface area contributed by atoms with E-state index >= 15 is 0 Å². The third-order valence-corrected chi connectivity index (χ3v) is 7.25. The second kappa shape index (κ2) is 8.99. The second-order valence-corrected chi connectivity index (χ2v) is 11.7. The Morgan fingerprint density at radius 2 is 1.87 bits per heavy atom. The van der Waals surface area contributed by atoms with E-state index in [2.05, 4.69) is 35.7 Å². The largest absolute Gasteiger partial charge is 0.338 e. The number of halogens is 1. The van der Waals surface area contributed by atoms with Gasteiger partial charge in [-0.1, -0.05) is 23.7 Å². The molecule has 0 atom stereocenters. The molecule has 3 aromatic rings. The molecule has 1 fully saturated rings. The predicted molar refractivity (Wildman–Crippen MR) is 127 cm³/mol. The Bertz CT molecular complexity index is 1120. The fourth-order valence-electron chi connectivity index (χ4n) is 3.78. The summed E-state index contributed by atoms with van der Waals surface area (Å²) in [5.41, 5.74) is 2.62. The van der Waals surface area contributed by atoms with E-state index in [1.165, 1.54) is 0 Å². The number of hydrogen-bond donors (Lipinski definition) is 3. The summed E-state index contributed by atoms with van der Waals surface area (Å²) in [6, 6.07) is 7.88. The Hall–Kier alpha value is -2.41. The predicted octanol–water partition coefficient (Wildman–Crippen LogP) is 4.29. The zero-order valence-corrected chi connectivity index (χ0v) is 19.5. The maximum absolute atomic E-state index is 12.7. The lowest BCUT2D eigenvalue weighted by Crippen LogP contribution is -2.30. The molecule has 2 aromatic heterocycles. The summed E-state index contributed by atoms with van der Waals surface area (Å²) >= 11 is 6.35. The van der Waals surface area contributed by atoms with E-state index in [1.54, 1.807) is 19.5 Å². The molecular formula is C21H27ClN7OP. The van der Waals surface area contributed by atoms with Gasteiger partial charge >= 0.3 is 0 Å². The van der Waals surface area contributed by atoms with Crippen LogP contribution in [0.2, 0.25) is 5.02 Å². The Labute approximate surface area is 187 Å². The van der Waals surface area contributed by atoms with Crippen molar-refractivity contribution in [2.24, 2.45) is 0 Å². The molecule has 164 valence electrons. The number of piperidine rings is 1. The van der Waals surface area contributed by atoms with Crippen LogP contribution in [0.1, 0.15) is 24.6 Å². The minimum absolute atomic E-state index is 0.379. The normalized spacial score (nSPS) is 15.1. The van der Waals surface area contributed by atoms with Crippen molar-refractivity contribution in [2.45, 2.75) is 25.8 Å². The molecule has 3 N–H and O–H groups in total. The third-order valence-electron chi connectivity index (χ3n) is 5.43. The van der Waals surface area contributed by atoms with Crippen LogP contribution in [-0.2, 0) is 4.57 Å². The Morgan fingerprint density at radius 3 is 2.61 bits per heavy atom. The average molecular weight is 460 g/mol. The fraction of sp³-hybridized carbons (Fsp3) is 0.381. The van der Waals surface area contributed by atoms with E-state index in [0.717, 1.165) is 48.3 Å². The summed E-state index contributed by atoms with van der Waals surface area (Å²) in [5, 5.41) is 15.6. The molecular weight excluding hydrogens is 433 g/mol. The van der Waals surface area contributed by atoms with Crippen LogP contribution in [0, 0.1) is 6.92 Å². The van der Waals surface area contributed by atoms with Gasteiger partial charge in [-0.05, 0) is 58.3 Å². The third kappa shape index (κ3) is 4.92. The van der Waals surface area contributed by atoms with Gasteiger partial charge < -0.3 is 20.5 Å². The molecule has 4 rings (SSSR count). The van der Waals surface area contributed by atoms with Crippen molar-refractivity contribution < 1.29 is 4.57 Å². The van der Waals surface area contributed by atoms with Crippen LogP contribution in [0.15, 0.2) is 36.7 Å². The molecule has 1 aromatic carbocycles. The van der Waals surface area contributed by atoms with E-state index in [-0.39, 0.29) is 0 Å². The van der Waals surface area contributed by atoms with E-state index in [4.69, 9.17) is 11.6 Å². The highest BCUT2D eigenvalue weighted by molar-refractivity contribution is 7.70. The number of rotatable bonds is 6. The highest BCUT2D eigenvalue weighted by Crippen LogP contribution is 2.38. The summed E-state index contributed by atoms with van der Waals surface area (Å²) in [7, 11) is -2.47. The topological polar surface area (TPSA) is 96.8 Å². The lowest BCUT2D eigenvalue weighted by atomic mass is 10.1. The van der Waals surface area contributed by atoms with E-state index in [1.807, 2.05) is 37.4 Å². The van der Waals surface area contributed by atoms with Crippen molar-refractivity contribution in [3.63, 3.8) is 0 Å². The Morgan fingerprint density at radius 1 is 1.13 bits per heavy atom. The fourth-order valence-corrected chi connectivity index (χ4v) is 5.07. The first-order chi connectivity index (χ1) is 14.8. The molecule has 1 aliphatic rings. The molecule has 0 spiro atoms. The summed E-state index contributed by atoms with van der Waals surface area (Å²) in [4.78, 5) is 8.86. The van der Waals surface area contributed by atoms with Gasteiger partial charge in [0.15, 0.2) is 5.82 Å². The van der Waals surface area contributed by atoms with E-state index in [9.17, 15) is 4.57 Å². The zero-order valence-electron chi connectivity index (χ0n) is 17.9. The number of aromatic nitrogens is 4. The van der Waals surface area contributed by atoms with Crippen molar-refractivity contribution in [1.82, 2.24) is 25.1 Å².